The number of rotatable bonds is 4. The van der Waals surface area contributed by atoms with Crippen LogP contribution in [0.2, 0.25) is 0 Å². The molecule has 0 bridgehead atoms. The highest BCUT2D eigenvalue weighted by atomic mass is 32.2. The third-order valence-electron chi connectivity index (χ3n) is 4.66. The lowest BCUT2D eigenvalue weighted by Gasteiger charge is -2.36. The van der Waals surface area contributed by atoms with E-state index in [0.29, 0.717) is 25.0 Å². The zero-order chi connectivity index (χ0) is 15.7. The molecule has 1 fully saturated rings. The zero-order valence-electron chi connectivity index (χ0n) is 13.2. The van der Waals surface area contributed by atoms with Gasteiger partial charge in [0.1, 0.15) is 5.75 Å². The molecule has 0 spiro atoms. The summed E-state index contributed by atoms with van der Waals surface area (Å²) in [5, 5.41) is 3.59. The Morgan fingerprint density at radius 3 is 2.95 bits per heavy atom. The van der Waals surface area contributed by atoms with Gasteiger partial charge in [-0.2, -0.15) is 0 Å². The van der Waals surface area contributed by atoms with E-state index in [4.69, 9.17) is 4.74 Å². The lowest BCUT2D eigenvalue weighted by Crippen LogP contribution is -2.49. The number of ether oxygens (including phenoxy) is 1. The molecule has 2 aliphatic rings. The fourth-order valence-electron chi connectivity index (χ4n) is 3.31. The Labute approximate surface area is 132 Å². The van der Waals surface area contributed by atoms with Crippen LogP contribution in [0.5, 0.6) is 5.75 Å². The molecule has 0 radical (unpaired) electrons. The Morgan fingerprint density at radius 2 is 2.23 bits per heavy atom. The number of nitrogens with one attached hydrogen (secondary N) is 1. The van der Waals surface area contributed by atoms with Crippen LogP contribution < -0.4 is 10.1 Å². The minimum Gasteiger partial charge on any atom is -0.493 e. The zero-order valence-corrected chi connectivity index (χ0v) is 14.0. The molecule has 0 aromatic heterocycles. The van der Waals surface area contributed by atoms with Crippen molar-refractivity contribution in [1.29, 1.82) is 0 Å². The Bertz CT molecular complexity index is 645. The van der Waals surface area contributed by atoms with Crippen molar-refractivity contribution in [1.82, 2.24) is 9.62 Å². The molecule has 1 aromatic carbocycles. The summed E-state index contributed by atoms with van der Waals surface area (Å²) < 4.78 is 30.4. The van der Waals surface area contributed by atoms with Gasteiger partial charge in [0.2, 0.25) is 10.0 Å². The first-order valence-corrected chi connectivity index (χ1v) is 9.71. The van der Waals surface area contributed by atoms with Crippen molar-refractivity contribution >= 4 is 10.0 Å². The highest BCUT2D eigenvalue weighted by Gasteiger charge is 2.30. The fraction of sp³-hybridized carbons (Fsp3) is 0.625. The number of piperidine rings is 1. The Kier molecular flexibility index (Phi) is 4.43. The van der Waals surface area contributed by atoms with Gasteiger partial charge in [-0.15, -0.1) is 0 Å². The minimum absolute atomic E-state index is 0.321. The summed E-state index contributed by atoms with van der Waals surface area (Å²) in [4.78, 5) is 0. The molecule has 3 rings (SSSR count). The Balaban J connectivity index is 1.56. The predicted octanol–water partition coefficient (Wildman–Crippen LogP) is 1.38. The van der Waals surface area contributed by atoms with Crippen molar-refractivity contribution in [3.05, 3.63) is 29.3 Å². The molecule has 1 aromatic rings. The van der Waals surface area contributed by atoms with E-state index in [9.17, 15) is 8.42 Å². The molecule has 1 saturated heterocycles. The molecule has 122 valence electrons. The molecular weight excluding hydrogens is 300 g/mol. The van der Waals surface area contributed by atoms with E-state index in [0.717, 1.165) is 31.7 Å². The van der Waals surface area contributed by atoms with Gasteiger partial charge in [-0.05, 0) is 29.5 Å². The monoisotopic (exact) mass is 324 g/mol. The summed E-state index contributed by atoms with van der Waals surface area (Å²) in [7, 11) is -3.06. The standard InChI is InChI=1S/C16H24N2O3S/c1-12-11-18(22(2,19)20)7-5-15(12)17-10-13-3-4-16-14(9-13)6-8-21-16/h3-4,9,12,15,17H,5-8,10-11H2,1-2H3/t12-,15-/m1/s1. The maximum atomic E-state index is 11.6. The summed E-state index contributed by atoms with van der Waals surface area (Å²) in [6, 6.07) is 6.73. The second-order valence-corrected chi connectivity index (χ2v) is 8.40. The van der Waals surface area contributed by atoms with Gasteiger partial charge >= 0.3 is 0 Å². The number of hydrogen-bond donors (Lipinski definition) is 1. The van der Waals surface area contributed by atoms with Gasteiger partial charge < -0.3 is 10.1 Å². The first-order valence-electron chi connectivity index (χ1n) is 7.86. The van der Waals surface area contributed by atoms with Gasteiger partial charge in [-0.25, -0.2) is 12.7 Å². The van der Waals surface area contributed by atoms with Crippen molar-refractivity contribution in [2.45, 2.75) is 32.4 Å². The number of hydrogen-bond acceptors (Lipinski definition) is 4. The van der Waals surface area contributed by atoms with Crippen LogP contribution in [0.25, 0.3) is 0 Å². The largest absolute Gasteiger partial charge is 0.493 e. The van der Waals surface area contributed by atoms with E-state index in [-0.39, 0.29) is 0 Å². The van der Waals surface area contributed by atoms with E-state index >= 15 is 0 Å². The van der Waals surface area contributed by atoms with Crippen molar-refractivity contribution in [2.24, 2.45) is 5.92 Å². The average Bonchev–Trinajstić information content (AvgIpc) is 2.92. The third-order valence-corrected chi connectivity index (χ3v) is 5.93. The maximum Gasteiger partial charge on any atom is 0.211 e. The lowest BCUT2D eigenvalue weighted by atomic mass is 9.95. The van der Waals surface area contributed by atoms with E-state index < -0.39 is 10.0 Å². The second-order valence-electron chi connectivity index (χ2n) is 6.41. The summed E-state index contributed by atoms with van der Waals surface area (Å²) in [6.45, 7) is 4.94. The molecule has 22 heavy (non-hydrogen) atoms. The van der Waals surface area contributed by atoms with Crippen LogP contribution in [0.15, 0.2) is 18.2 Å². The number of nitrogens with zero attached hydrogens (tertiary/aromatic N) is 1. The molecule has 6 heteroatoms. The predicted molar refractivity (Wildman–Crippen MR) is 86.5 cm³/mol. The number of sulfonamides is 1. The molecule has 1 N–H and O–H groups in total. The molecular formula is C16H24N2O3S. The van der Waals surface area contributed by atoms with Crippen LogP contribution in [0.1, 0.15) is 24.5 Å². The fourth-order valence-corrected chi connectivity index (χ4v) is 4.25. The smallest absolute Gasteiger partial charge is 0.211 e. The van der Waals surface area contributed by atoms with Crippen molar-refractivity contribution in [3.63, 3.8) is 0 Å². The summed E-state index contributed by atoms with van der Waals surface area (Å²) in [5.41, 5.74) is 2.56. The highest BCUT2D eigenvalue weighted by Crippen LogP contribution is 2.26. The van der Waals surface area contributed by atoms with Crippen LogP contribution in [0.3, 0.4) is 0 Å². The minimum atomic E-state index is -3.06. The molecule has 5 nitrogen and oxygen atoms in total. The van der Waals surface area contributed by atoms with Crippen LogP contribution >= 0.6 is 0 Å². The van der Waals surface area contributed by atoms with Gasteiger partial charge in [-0.3, -0.25) is 0 Å². The van der Waals surface area contributed by atoms with E-state index in [1.165, 1.54) is 17.4 Å². The number of fused-ring (bicyclic) bond motifs is 1. The molecule has 2 heterocycles. The molecule has 2 atom stereocenters. The second kappa shape index (κ2) is 6.18. The van der Waals surface area contributed by atoms with Gasteiger partial charge in [0.15, 0.2) is 0 Å². The van der Waals surface area contributed by atoms with Gasteiger partial charge in [0.25, 0.3) is 0 Å². The lowest BCUT2D eigenvalue weighted by molar-refractivity contribution is 0.220. The number of benzene rings is 1. The van der Waals surface area contributed by atoms with E-state index in [2.05, 4.69) is 30.4 Å². The van der Waals surface area contributed by atoms with Gasteiger partial charge in [0.05, 0.1) is 12.9 Å². The van der Waals surface area contributed by atoms with E-state index in [1.807, 2.05) is 0 Å². The summed E-state index contributed by atoms with van der Waals surface area (Å²) in [5.74, 6) is 1.33. The topological polar surface area (TPSA) is 58.6 Å². The Morgan fingerprint density at radius 1 is 1.41 bits per heavy atom. The summed E-state index contributed by atoms with van der Waals surface area (Å²) in [6.07, 6.45) is 3.15. The molecule has 0 unspecified atom stereocenters. The van der Waals surface area contributed by atoms with Crippen LogP contribution in [0, 0.1) is 5.92 Å². The van der Waals surface area contributed by atoms with Crippen LogP contribution in [-0.4, -0.2) is 44.7 Å². The van der Waals surface area contributed by atoms with Crippen LogP contribution in [-0.2, 0) is 23.0 Å². The maximum absolute atomic E-state index is 11.6. The SMILES string of the molecule is C[C@@H]1CN(S(C)(=O)=O)CC[C@H]1NCc1ccc2c(c1)CCO2. The average molecular weight is 324 g/mol. The van der Waals surface area contributed by atoms with Crippen LogP contribution in [0.4, 0.5) is 0 Å². The molecule has 0 aliphatic carbocycles. The normalized spacial score (nSPS) is 25.7. The quantitative estimate of drug-likeness (QED) is 0.909. The van der Waals surface area contributed by atoms with Gasteiger partial charge in [0, 0.05) is 32.1 Å². The van der Waals surface area contributed by atoms with Crippen molar-refractivity contribution in [2.75, 3.05) is 26.0 Å². The Hall–Kier alpha value is -1.11. The summed E-state index contributed by atoms with van der Waals surface area (Å²) >= 11 is 0. The molecule has 2 aliphatic heterocycles. The first kappa shape index (κ1) is 15.8. The molecule has 0 saturated carbocycles. The highest BCUT2D eigenvalue weighted by molar-refractivity contribution is 7.88. The van der Waals surface area contributed by atoms with Crippen molar-refractivity contribution < 1.29 is 13.2 Å². The third kappa shape index (κ3) is 3.45. The van der Waals surface area contributed by atoms with Crippen molar-refractivity contribution in [3.8, 4) is 5.75 Å². The van der Waals surface area contributed by atoms with Gasteiger partial charge in [-0.1, -0.05) is 19.1 Å². The van der Waals surface area contributed by atoms with E-state index in [1.54, 1.807) is 4.31 Å². The molecule has 0 amide bonds. The first-order chi connectivity index (χ1) is 10.4.